The lowest BCUT2D eigenvalue weighted by Gasteiger charge is -2.24. The number of hydrogen-bond acceptors (Lipinski definition) is 7. The zero-order valence-corrected chi connectivity index (χ0v) is 23.2. The number of thiazole rings is 1. The minimum Gasteiger partial charge on any atom is -0.463 e. The van der Waals surface area contributed by atoms with E-state index in [-0.39, 0.29) is 23.4 Å². The Morgan fingerprint density at radius 2 is 1.92 bits per heavy atom. The minimum absolute atomic E-state index is 0.0875. The average Bonchev–Trinajstić information content (AvgIpc) is 3.36. The van der Waals surface area contributed by atoms with Gasteiger partial charge in [-0.15, -0.1) is 0 Å². The molecule has 0 aliphatic carbocycles. The molecule has 5 rings (SSSR count). The van der Waals surface area contributed by atoms with Crippen LogP contribution in [0.15, 0.2) is 63.5 Å². The number of ether oxygens (including phenoxy) is 1. The maximum Gasteiger partial charge on any atom is 0.338 e. The largest absolute Gasteiger partial charge is 0.463 e. The Hall–Kier alpha value is -4.31. The number of nitrogens with zero attached hydrogens (tertiary/aromatic N) is 4. The molecule has 0 fully saturated rings. The van der Waals surface area contributed by atoms with E-state index in [0.29, 0.717) is 26.2 Å². The summed E-state index contributed by atoms with van der Waals surface area (Å²) in [4.78, 5) is 43.4. The molecular weight excluding hydrogens is 516 g/mol. The second-order valence-corrected chi connectivity index (χ2v) is 10.4. The number of esters is 1. The maximum atomic E-state index is 14.0. The normalized spacial score (nSPS) is 15.4. The number of benzene rings is 2. The Balaban J connectivity index is 1.79. The van der Waals surface area contributed by atoms with Crippen LogP contribution >= 0.6 is 11.3 Å². The number of aromatic nitrogens is 2. The van der Waals surface area contributed by atoms with Crippen molar-refractivity contribution in [3.8, 4) is 0 Å². The van der Waals surface area contributed by atoms with Crippen molar-refractivity contribution in [2.24, 2.45) is 4.99 Å². The van der Waals surface area contributed by atoms with Gasteiger partial charge in [0.15, 0.2) is 4.80 Å². The summed E-state index contributed by atoms with van der Waals surface area (Å²) < 4.78 is 9.45. The molecule has 4 aromatic rings. The van der Waals surface area contributed by atoms with Gasteiger partial charge in [0.05, 0.1) is 33.4 Å². The van der Waals surface area contributed by atoms with Crippen LogP contribution in [0.25, 0.3) is 17.0 Å². The third-order valence-electron chi connectivity index (χ3n) is 7.13. The summed E-state index contributed by atoms with van der Waals surface area (Å²) in [5, 5.41) is 12.8. The number of rotatable bonds is 6. The van der Waals surface area contributed by atoms with E-state index in [4.69, 9.17) is 4.74 Å². The molecule has 1 aliphatic rings. The van der Waals surface area contributed by atoms with Gasteiger partial charge in [-0.25, -0.2) is 9.79 Å². The average molecular weight is 545 g/mol. The number of para-hydroxylation sites is 1. The molecule has 10 heteroatoms. The third-order valence-corrected chi connectivity index (χ3v) is 8.12. The van der Waals surface area contributed by atoms with Crippen LogP contribution in [0.5, 0.6) is 0 Å². The van der Waals surface area contributed by atoms with E-state index in [9.17, 15) is 19.7 Å². The molecular formula is C29H28N4O5S. The topological polar surface area (TPSA) is 109 Å². The molecule has 0 amide bonds. The summed E-state index contributed by atoms with van der Waals surface area (Å²) in [6.45, 7) is 10.1. The van der Waals surface area contributed by atoms with Gasteiger partial charge in [-0.3, -0.25) is 19.5 Å². The first-order valence-corrected chi connectivity index (χ1v) is 13.5. The van der Waals surface area contributed by atoms with Gasteiger partial charge in [0.1, 0.15) is 0 Å². The van der Waals surface area contributed by atoms with E-state index < -0.39 is 16.9 Å². The first-order valence-electron chi connectivity index (χ1n) is 12.7. The maximum absolute atomic E-state index is 14.0. The highest BCUT2D eigenvalue weighted by molar-refractivity contribution is 7.07. The van der Waals surface area contributed by atoms with Crippen molar-refractivity contribution in [2.75, 3.05) is 6.61 Å². The van der Waals surface area contributed by atoms with E-state index in [0.717, 1.165) is 28.7 Å². The molecule has 9 nitrogen and oxygen atoms in total. The van der Waals surface area contributed by atoms with Gasteiger partial charge in [-0.05, 0) is 52.3 Å². The lowest BCUT2D eigenvalue weighted by atomic mass is 9.94. The van der Waals surface area contributed by atoms with Gasteiger partial charge >= 0.3 is 5.97 Å². The van der Waals surface area contributed by atoms with Crippen molar-refractivity contribution < 1.29 is 14.5 Å². The number of nitro benzene ring substituents is 1. The number of carbonyl (C=O) groups excluding carboxylic acids is 1. The Labute approximate surface area is 228 Å². The van der Waals surface area contributed by atoms with Crippen LogP contribution in [0.2, 0.25) is 0 Å². The van der Waals surface area contributed by atoms with E-state index in [1.54, 1.807) is 32.9 Å². The molecule has 0 bridgehead atoms. The monoisotopic (exact) mass is 544 g/mol. The van der Waals surface area contributed by atoms with Crippen molar-refractivity contribution in [1.29, 1.82) is 0 Å². The van der Waals surface area contributed by atoms with Crippen molar-refractivity contribution in [2.45, 2.75) is 47.2 Å². The fraction of sp³-hybridized carbons (Fsp3) is 0.276. The van der Waals surface area contributed by atoms with Gasteiger partial charge < -0.3 is 9.30 Å². The summed E-state index contributed by atoms with van der Waals surface area (Å²) in [6.07, 6.45) is 1.88. The summed E-state index contributed by atoms with van der Waals surface area (Å²) >= 11 is 1.23. The van der Waals surface area contributed by atoms with E-state index in [1.807, 2.05) is 31.2 Å². The number of carbonyl (C=O) groups is 1. The number of aryl methyl sites for hydroxylation is 2. The molecule has 2 aromatic carbocycles. The Morgan fingerprint density at radius 3 is 2.62 bits per heavy atom. The Bertz CT molecular complexity index is 1880. The van der Waals surface area contributed by atoms with Gasteiger partial charge in [0, 0.05) is 40.3 Å². The summed E-state index contributed by atoms with van der Waals surface area (Å²) in [5.41, 5.74) is 4.18. The fourth-order valence-corrected chi connectivity index (χ4v) is 6.31. The summed E-state index contributed by atoms with van der Waals surface area (Å²) in [6, 6.07) is 11.9. The zero-order valence-electron chi connectivity index (χ0n) is 22.3. The van der Waals surface area contributed by atoms with Gasteiger partial charge in [0.2, 0.25) is 0 Å². The second-order valence-electron chi connectivity index (χ2n) is 9.37. The van der Waals surface area contributed by atoms with E-state index >= 15 is 0 Å². The number of allylic oxidation sites excluding steroid dienone is 1. The highest BCUT2D eigenvalue weighted by atomic mass is 32.1. The molecule has 0 radical (unpaired) electrons. The fourth-order valence-electron chi connectivity index (χ4n) is 5.28. The molecule has 0 unspecified atom stereocenters. The lowest BCUT2D eigenvalue weighted by Crippen LogP contribution is -2.40. The molecule has 1 aliphatic heterocycles. The van der Waals surface area contributed by atoms with Crippen LogP contribution in [0, 0.1) is 24.0 Å². The smallest absolute Gasteiger partial charge is 0.338 e. The number of hydrogen-bond donors (Lipinski definition) is 0. The minimum atomic E-state index is -0.917. The van der Waals surface area contributed by atoms with Crippen LogP contribution in [-0.2, 0) is 16.1 Å². The predicted molar refractivity (Wildman–Crippen MR) is 151 cm³/mol. The van der Waals surface area contributed by atoms with Gasteiger partial charge in [-0.1, -0.05) is 41.7 Å². The van der Waals surface area contributed by atoms with Gasteiger partial charge in [-0.2, -0.15) is 0 Å². The van der Waals surface area contributed by atoms with Crippen molar-refractivity contribution in [3.63, 3.8) is 0 Å². The molecule has 39 heavy (non-hydrogen) atoms. The van der Waals surface area contributed by atoms with Gasteiger partial charge in [0.25, 0.3) is 11.2 Å². The molecule has 2 aromatic heterocycles. The third kappa shape index (κ3) is 4.30. The van der Waals surface area contributed by atoms with Crippen LogP contribution in [-0.4, -0.2) is 26.6 Å². The molecule has 1 atom stereocenters. The second kappa shape index (κ2) is 10.1. The standard InChI is InChI=1S/C29H28N4O5S/c1-6-31-18(5)21(20-10-8-9-11-22(20)31)15-24-27(34)32-26(19-13-12-16(3)23(14-19)33(36)37)25(28(35)38-7-2)17(4)30-29(32)39-24/h8-15,26H,6-7H2,1-5H3/b24-15+/t26-/m0/s1. The summed E-state index contributed by atoms with van der Waals surface area (Å²) in [7, 11) is 0. The number of nitro groups is 1. The quantitative estimate of drug-likeness (QED) is 0.204. The Kier molecular flexibility index (Phi) is 6.82. The highest BCUT2D eigenvalue weighted by Gasteiger charge is 2.34. The van der Waals surface area contributed by atoms with E-state index in [1.165, 1.54) is 22.0 Å². The summed E-state index contributed by atoms with van der Waals surface area (Å²) in [5.74, 6) is -0.608. The van der Waals surface area contributed by atoms with Crippen LogP contribution < -0.4 is 14.9 Å². The van der Waals surface area contributed by atoms with Crippen molar-refractivity contribution in [1.82, 2.24) is 9.13 Å². The SMILES string of the molecule is CCOC(=O)C1=C(C)N=c2s/c(=C/c3c(C)n(CC)c4ccccc34)c(=O)n2[C@H]1c1ccc(C)c([N+](=O)[O-])c1. The molecule has 0 saturated heterocycles. The number of fused-ring (bicyclic) bond motifs is 2. The molecule has 0 saturated carbocycles. The predicted octanol–water partition coefficient (Wildman–Crippen LogP) is 4.30. The van der Waals surface area contributed by atoms with Crippen LogP contribution in [0.1, 0.15) is 49.2 Å². The van der Waals surface area contributed by atoms with Crippen LogP contribution in [0.4, 0.5) is 5.69 Å². The van der Waals surface area contributed by atoms with Crippen molar-refractivity contribution in [3.05, 3.63) is 106 Å². The van der Waals surface area contributed by atoms with Crippen LogP contribution in [0.3, 0.4) is 0 Å². The molecule has 0 N–H and O–H groups in total. The Morgan fingerprint density at radius 1 is 1.18 bits per heavy atom. The molecule has 0 spiro atoms. The highest BCUT2D eigenvalue weighted by Crippen LogP contribution is 2.33. The zero-order chi connectivity index (χ0) is 28.0. The lowest BCUT2D eigenvalue weighted by molar-refractivity contribution is -0.385. The molecule has 3 heterocycles. The van der Waals surface area contributed by atoms with E-state index in [2.05, 4.69) is 22.5 Å². The van der Waals surface area contributed by atoms with Crippen molar-refractivity contribution >= 4 is 40.0 Å². The first-order chi connectivity index (χ1) is 18.7. The molecule has 200 valence electrons. The first kappa shape index (κ1) is 26.3.